The molecule has 0 saturated heterocycles. The van der Waals surface area contributed by atoms with Crippen molar-refractivity contribution in [3.05, 3.63) is 23.8 Å². The number of carbonyl (C=O) groups is 1. The van der Waals surface area contributed by atoms with Crippen LogP contribution in [0.1, 0.15) is 10.4 Å². The molecular formula is C8H8O3S. The molecule has 1 rings (SSSR count). The lowest BCUT2D eigenvalue weighted by atomic mass is 10.2. The van der Waals surface area contributed by atoms with Crippen molar-refractivity contribution < 1.29 is 15.0 Å². The summed E-state index contributed by atoms with van der Waals surface area (Å²) >= 11 is 1.34. The van der Waals surface area contributed by atoms with E-state index in [2.05, 4.69) is 0 Å². The fourth-order valence-electron chi connectivity index (χ4n) is 0.863. The molecule has 0 saturated carbocycles. The molecule has 2 N–H and O–H groups in total. The van der Waals surface area contributed by atoms with Crippen LogP contribution in [0.25, 0.3) is 0 Å². The van der Waals surface area contributed by atoms with Crippen molar-refractivity contribution in [2.75, 3.05) is 6.26 Å². The van der Waals surface area contributed by atoms with Gasteiger partial charge in [-0.2, -0.15) is 0 Å². The van der Waals surface area contributed by atoms with Gasteiger partial charge >= 0.3 is 5.97 Å². The zero-order valence-corrected chi connectivity index (χ0v) is 7.26. The molecule has 0 aliphatic carbocycles. The Morgan fingerprint density at radius 2 is 2.17 bits per heavy atom. The van der Waals surface area contributed by atoms with Gasteiger partial charge in [-0.15, -0.1) is 11.8 Å². The highest BCUT2D eigenvalue weighted by atomic mass is 32.2. The first-order valence-corrected chi connectivity index (χ1v) is 4.48. The monoisotopic (exact) mass is 184 g/mol. The molecule has 0 aromatic heterocycles. The van der Waals surface area contributed by atoms with Crippen LogP contribution >= 0.6 is 11.8 Å². The van der Waals surface area contributed by atoms with Crippen molar-refractivity contribution in [1.82, 2.24) is 0 Å². The van der Waals surface area contributed by atoms with Crippen LogP contribution in [0.4, 0.5) is 0 Å². The van der Waals surface area contributed by atoms with Crippen LogP contribution in [0.5, 0.6) is 5.75 Å². The van der Waals surface area contributed by atoms with Crippen LogP contribution in [0.3, 0.4) is 0 Å². The van der Waals surface area contributed by atoms with Gasteiger partial charge in [-0.05, 0) is 24.5 Å². The van der Waals surface area contributed by atoms with Gasteiger partial charge in [-0.3, -0.25) is 0 Å². The number of hydrogen-bond acceptors (Lipinski definition) is 3. The highest BCUT2D eigenvalue weighted by Gasteiger charge is 2.09. The predicted octanol–water partition coefficient (Wildman–Crippen LogP) is 1.81. The predicted molar refractivity (Wildman–Crippen MR) is 46.8 cm³/mol. The van der Waals surface area contributed by atoms with Gasteiger partial charge in [0.25, 0.3) is 0 Å². The first-order valence-electron chi connectivity index (χ1n) is 3.25. The maximum atomic E-state index is 10.6. The van der Waals surface area contributed by atoms with E-state index in [-0.39, 0.29) is 11.3 Å². The van der Waals surface area contributed by atoms with Crippen LogP contribution < -0.4 is 0 Å². The minimum Gasteiger partial charge on any atom is -0.508 e. The number of hydrogen-bond donors (Lipinski definition) is 2. The molecule has 0 spiro atoms. The Kier molecular flexibility index (Phi) is 2.60. The van der Waals surface area contributed by atoms with Crippen LogP contribution in [0.2, 0.25) is 0 Å². The van der Waals surface area contributed by atoms with Crippen molar-refractivity contribution in [1.29, 1.82) is 0 Å². The summed E-state index contributed by atoms with van der Waals surface area (Å²) in [6.45, 7) is 0. The molecule has 0 atom stereocenters. The van der Waals surface area contributed by atoms with Gasteiger partial charge in [0.15, 0.2) is 0 Å². The average Bonchev–Trinajstić information content (AvgIpc) is 2.04. The second-order valence-corrected chi connectivity index (χ2v) is 3.04. The summed E-state index contributed by atoms with van der Waals surface area (Å²) in [5.74, 6) is -1.04. The molecule has 0 aliphatic rings. The second kappa shape index (κ2) is 3.49. The first-order chi connectivity index (χ1) is 5.65. The number of phenols is 1. The molecule has 0 bridgehead atoms. The molecule has 12 heavy (non-hydrogen) atoms. The molecule has 3 nitrogen and oxygen atoms in total. The van der Waals surface area contributed by atoms with Crippen molar-refractivity contribution in [2.24, 2.45) is 0 Å². The molecule has 0 amide bonds. The van der Waals surface area contributed by atoms with Gasteiger partial charge in [0.1, 0.15) is 5.75 Å². The molecule has 0 aliphatic heterocycles. The number of carboxylic acid groups (broad SMARTS) is 1. The maximum absolute atomic E-state index is 10.6. The average molecular weight is 184 g/mol. The fraction of sp³-hybridized carbons (Fsp3) is 0.125. The second-order valence-electron chi connectivity index (χ2n) is 2.19. The van der Waals surface area contributed by atoms with Crippen LogP contribution in [-0.2, 0) is 0 Å². The normalized spacial score (nSPS) is 9.75. The van der Waals surface area contributed by atoms with E-state index in [4.69, 9.17) is 10.2 Å². The van der Waals surface area contributed by atoms with Gasteiger partial charge in [-0.25, -0.2) is 4.79 Å². The summed E-state index contributed by atoms with van der Waals surface area (Å²) in [7, 11) is 0. The summed E-state index contributed by atoms with van der Waals surface area (Å²) in [6, 6.07) is 4.30. The maximum Gasteiger partial charge on any atom is 0.336 e. The zero-order valence-electron chi connectivity index (χ0n) is 6.44. The molecule has 0 unspecified atom stereocenters. The Labute approximate surface area is 74.0 Å². The topological polar surface area (TPSA) is 57.5 Å². The molecule has 1 aromatic rings. The summed E-state index contributed by atoms with van der Waals surface area (Å²) in [5.41, 5.74) is 0.141. The molecule has 4 heteroatoms. The van der Waals surface area contributed by atoms with E-state index in [9.17, 15) is 4.79 Å². The Bertz CT molecular complexity index is 309. The minimum absolute atomic E-state index is 0.0230. The van der Waals surface area contributed by atoms with E-state index in [1.54, 1.807) is 12.3 Å². The third kappa shape index (κ3) is 1.71. The third-order valence-electron chi connectivity index (χ3n) is 1.41. The lowest BCUT2D eigenvalue weighted by Crippen LogP contribution is -1.97. The van der Waals surface area contributed by atoms with E-state index in [0.29, 0.717) is 4.90 Å². The van der Waals surface area contributed by atoms with Gasteiger partial charge in [0, 0.05) is 4.90 Å². The Morgan fingerprint density at radius 3 is 2.67 bits per heavy atom. The number of rotatable bonds is 2. The highest BCUT2D eigenvalue weighted by Crippen LogP contribution is 2.23. The van der Waals surface area contributed by atoms with Crippen molar-refractivity contribution >= 4 is 17.7 Å². The van der Waals surface area contributed by atoms with E-state index < -0.39 is 5.97 Å². The van der Waals surface area contributed by atoms with Gasteiger partial charge in [-0.1, -0.05) is 0 Å². The molecular weight excluding hydrogens is 176 g/mol. The van der Waals surface area contributed by atoms with Gasteiger partial charge < -0.3 is 10.2 Å². The van der Waals surface area contributed by atoms with Crippen molar-refractivity contribution in [3.63, 3.8) is 0 Å². The largest absolute Gasteiger partial charge is 0.508 e. The lowest BCUT2D eigenvalue weighted by molar-refractivity contribution is 0.0692. The molecule has 1 aromatic carbocycles. The molecule has 0 radical (unpaired) electrons. The van der Waals surface area contributed by atoms with Gasteiger partial charge in [0.2, 0.25) is 0 Å². The molecule has 0 heterocycles. The molecule has 64 valence electrons. The number of carboxylic acids is 1. The first kappa shape index (κ1) is 8.93. The fourth-order valence-corrected chi connectivity index (χ4v) is 1.43. The van der Waals surface area contributed by atoms with E-state index in [1.165, 1.54) is 23.9 Å². The number of thioether (sulfide) groups is 1. The van der Waals surface area contributed by atoms with Crippen LogP contribution in [0, 0.1) is 0 Å². The number of aromatic carboxylic acids is 1. The minimum atomic E-state index is -1.02. The summed E-state index contributed by atoms with van der Waals surface area (Å²) in [5, 5.41) is 17.7. The van der Waals surface area contributed by atoms with Crippen LogP contribution in [-0.4, -0.2) is 22.4 Å². The molecule has 0 fully saturated rings. The summed E-state index contributed by atoms with van der Waals surface area (Å²) in [4.78, 5) is 11.3. The van der Waals surface area contributed by atoms with E-state index >= 15 is 0 Å². The van der Waals surface area contributed by atoms with E-state index in [1.807, 2.05) is 0 Å². The smallest absolute Gasteiger partial charge is 0.336 e. The lowest BCUT2D eigenvalue weighted by Gasteiger charge is -2.02. The zero-order chi connectivity index (χ0) is 9.14. The summed E-state index contributed by atoms with van der Waals surface area (Å²) < 4.78 is 0. The van der Waals surface area contributed by atoms with Crippen LogP contribution in [0.15, 0.2) is 23.1 Å². The highest BCUT2D eigenvalue weighted by molar-refractivity contribution is 7.98. The van der Waals surface area contributed by atoms with Crippen molar-refractivity contribution in [2.45, 2.75) is 4.90 Å². The summed E-state index contributed by atoms with van der Waals surface area (Å²) in [6.07, 6.45) is 1.79. The third-order valence-corrected chi connectivity index (χ3v) is 2.21. The van der Waals surface area contributed by atoms with Gasteiger partial charge in [0.05, 0.1) is 5.56 Å². The van der Waals surface area contributed by atoms with E-state index in [0.717, 1.165) is 0 Å². The van der Waals surface area contributed by atoms with Crippen molar-refractivity contribution in [3.8, 4) is 5.75 Å². The standard InChI is InChI=1S/C8H8O3S/c1-12-7-3-2-5(9)4-6(7)8(10)11/h2-4,9H,1H3,(H,10,11). The number of aromatic hydroxyl groups is 1. The quantitative estimate of drug-likeness (QED) is 0.688. The Hall–Kier alpha value is -1.16. The number of benzene rings is 1. The Morgan fingerprint density at radius 1 is 1.50 bits per heavy atom. The number of phenolic OH excluding ortho intramolecular Hbond substituents is 1. The SMILES string of the molecule is CSc1ccc(O)cc1C(=O)O. The Balaban J connectivity index is 3.21.